The maximum absolute atomic E-state index is 12.6. The van der Waals surface area contributed by atoms with Crippen molar-refractivity contribution in [2.75, 3.05) is 26.8 Å². The molecule has 132 valence electrons. The SMILES string of the molecule is COc1ccccc1C12CN(C(=O)OC(C)(C)C)CC(CO)(C1)C2. The molecule has 5 nitrogen and oxygen atoms in total. The molecule has 0 spiro atoms. The van der Waals surface area contributed by atoms with Crippen molar-refractivity contribution in [2.24, 2.45) is 5.41 Å². The van der Waals surface area contributed by atoms with Crippen LogP contribution in [0.15, 0.2) is 24.3 Å². The minimum atomic E-state index is -0.525. The minimum absolute atomic E-state index is 0.0865. The zero-order valence-electron chi connectivity index (χ0n) is 15.0. The number of fused-ring (bicyclic) bond motifs is 2. The van der Waals surface area contributed by atoms with E-state index in [2.05, 4.69) is 6.07 Å². The summed E-state index contributed by atoms with van der Waals surface area (Å²) >= 11 is 0. The molecule has 3 fully saturated rings. The molecule has 0 radical (unpaired) electrons. The van der Waals surface area contributed by atoms with Gasteiger partial charge in [0.15, 0.2) is 0 Å². The number of aliphatic hydroxyl groups excluding tert-OH is 1. The Morgan fingerprint density at radius 2 is 1.92 bits per heavy atom. The second-order valence-corrected chi connectivity index (χ2v) is 8.33. The quantitative estimate of drug-likeness (QED) is 0.924. The van der Waals surface area contributed by atoms with E-state index in [-0.39, 0.29) is 23.5 Å². The Kier molecular flexibility index (Phi) is 4.03. The highest BCUT2D eigenvalue weighted by Crippen LogP contribution is 2.61. The van der Waals surface area contributed by atoms with Gasteiger partial charge in [-0.15, -0.1) is 0 Å². The van der Waals surface area contributed by atoms with Crippen LogP contribution in [-0.4, -0.2) is 48.5 Å². The van der Waals surface area contributed by atoms with Crippen molar-refractivity contribution >= 4 is 6.09 Å². The van der Waals surface area contributed by atoms with Crippen molar-refractivity contribution in [1.82, 2.24) is 4.90 Å². The fraction of sp³-hybridized carbons (Fsp3) is 0.632. The van der Waals surface area contributed by atoms with Crippen LogP contribution in [0.4, 0.5) is 4.79 Å². The van der Waals surface area contributed by atoms with E-state index in [1.807, 2.05) is 39.0 Å². The Bertz CT molecular complexity index is 628. The molecule has 2 saturated heterocycles. The summed E-state index contributed by atoms with van der Waals surface area (Å²) in [7, 11) is 1.67. The van der Waals surface area contributed by atoms with Gasteiger partial charge in [-0.05, 0) is 39.7 Å². The Labute approximate surface area is 143 Å². The molecule has 0 aromatic heterocycles. The number of aliphatic hydroxyl groups is 1. The molecule has 1 N–H and O–H groups in total. The highest BCUT2D eigenvalue weighted by atomic mass is 16.6. The van der Waals surface area contributed by atoms with Crippen molar-refractivity contribution in [3.63, 3.8) is 0 Å². The molecule has 3 aliphatic rings. The van der Waals surface area contributed by atoms with E-state index in [0.29, 0.717) is 13.1 Å². The molecule has 2 bridgehead atoms. The van der Waals surface area contributed by atoms with Crippen molar-refractivity contribution in [3.05, 3.63) is 29.8 Å². The molecule has 1 aliphatic carbocycles. The van der Waals surface area contributed by atoms with Gasteiger partial charge in [-0.2, -0.15) is 0 Å². The molecular weight excluding hydrogens is 306 g/mol. The van der Waals surface area contributed by atoms with Crippen LogP contribution < -0.4 is 4.74 Å². The monoisotopic (exact) mass is 333 g/mol. The molecule has 1 aromatic rings. The highest BCUT2D eigenvalue weighted by molar-refractivity contribution is 5.69. The van der Waals surface area contributed by atoms with E-state index in [0.717, 1.165) is 24.2 Å². The predicted molar refractivity (Wildman–Crippen MR) is 91.2 cm³/mol. The van der Waals surface area contributed by atoms with Gasteiger partial charge in [0.1, 0.15) is 11.4 Å². The molecule has 2 aliphatic heterocycles. The fourth-order valence-electron chi connectivity index (χ4n) is 4.41. The summed E-state index contributed by atoms with van der Waals surface area (Å²) in [5.74, 6) is 0.843. The fourth-order valence-corrected chi connectivity index (χ4v) is 4.41. The Hall–Kier alpha value is -1.75. The number of para-hydroxylation sites is 1. The number of rotatable bonds is 3. The third-order valence-corrected chi connectivity index (χ3v) is 5.11. The number of carbonyl (C=O) groups is 1. The van der Waals surface area contributed by atoms with Gasteiger partial charge in [0.05, 0.1) is 13.7 Å². The van der Waals surface area contributed by atoms with Crippen LogP contribution in [0.25, 0.3) is 0 Å². The van der Waals surface area contributed by atoms with E-state index >= 15 is 0 Å². The van der Waals surface area contributed by atoms with Gasteiger partial charge in [0, 0.05) is 29.5 Å². The maximum atomic E-state index is 12.6. The molecule has 1 aromatic carbocycles. The average Bonchev–Trinajstić information content (AvgIpc) is 2.52. The van der Waals surface area contributed by atoms with Gasteiger partial charge in [-0.25, -0.2) is 4.79 Å². The molecule has 1 saturated carbocycles. The van der Waals surface area contributed by atoms with Crippen molar-refractivity contribution in [2.45, 2.75) is 44.6 Å². The van der Waals surface area contributed by atoms with Crippen LogP contribution in [0.2, 0.25) is 0 Å². The second-order valence-electron chi connectivity index (χ2n) is 8.33. The number of carbonyl (C=O) groups excluding carboxylic acids is 1. The van der Waals surface area contributed by atoms with Crippen LogP contribution in [0.1, 0.15) is 39.2 Å². The first kappa shape index (κ1) is 17.1. The van der Waals surface area contributed by atoms with Gasteiger partial charge in [-0.1, -0.05) is 18.2 Å². The van der Waals surface area contributed by atoms with Gasteiger partial charge in [-0.3, -0.25) is 0 Å². The number of nitrogens with zero attached hydrogens (tertiary/aromatic N) is 1. The van der Waals surface area contributed by atoms with Gasteiger partial charge < -0.3 is 19.5 Å². The average molecular weight is 333 g/mol. The standard InChI is InChI=1S/C19H27NO4/c1-17(2,3)24-16(22)20-11-18(13-21)9-19(10-18,12-20)14-7-5-6-8-15(14)23-4/h5-8,21H,9-13H2,1-4H3. The molecule has 5 heteroatoms. The van der Waals surface area contributed by atoms with Crippen LogP contribution in [0.5, 0.6) is 5.75 Å². The number of amides is 1. The first-order valence-corrected chi connectivity index (χ1v) is 8.45. The molecular formula is C19H27NO4. The molecule has 0 atom stereocenters. The van der Waals surface area contributed by atoms with Crippen molar-refractivity contribution in [1.29, 1.82) is 0 Å². The number of hydrogen-bond acceptors (Lipinski definition) is 4. The van der Waals surface area contributed by atoms with Crippen LogP contribution >= 0.6 is 0 Å². The van der Waals surface area contributed by atoms with E-state index in [4.69, 9.17) is 9.47 Å². The van der Waals surface area contributed by atoms with Crippen LogP contribution in [-0.2, 0) is 10.2 Å². The summed E-state index contributed by atoms with van der Waals surface area (Å²) in [5, 5.41) is 9.90. The summed E-state index contributed by atoms with van der Waals surface area (Å²) in [4.78, 5) is 14.3. The third kappa shape index (κ3) is 2.86. The zero-order chi connectivity index (χ0) is 17.6. The maximum Gasteiger partial charge on any atom is 0.410 e. The molecule has 4 rings (SSSR count). The topological polar surface area (TPSA) is 59.0 Å². The van der Waals surface area contributed by atoms with Crippen LogP contribution in [0.3, 0.4) is 0 Å². The lowest BCUT2D eigenvalue weighted by Gasteiger charge is -2.63. The lowest BCUT2D eigenvalue weighted by molar-refractivity contribution is -0.112. The summed E-state index contributed by atoms with van der Waals surface area (Å²) in [6.45, 7) is 6.84. The van der Waals surface area contributed by atoms with E-state index in [9.17, 15) is 9.90 Å². The zero-order valence-corrected chi connectivity index (χ0v) is 15.0. The van der Waals surface area contributed by atoms with Crippen LogP contribution in [0, 0.1) is 5.41 Å². The lowest BCUT2D eigenvalue weighted by atomic mass is 9.48. The molecule has 2 heterocycles. The number of ether oxygens (including phenoxy) is 2. The summed E-state index contributed by atoms with van der Waals surface area (Å²) in [6.07, 6.45) is 1.44. The largest absolute Gasteiger partial charge is 0.496 e. The number of methoxy groups -OCH3 is 1. The first-order chi connectivity index (χ1) is 11.2. The van der Waals surface area contributed by atoms with Gasteiger partial charge >= 0.3 is 6.09 Å². The normalized spacial score (nSPS) is 29.0. The summed E-state index contributed by atoms with van der Waals surface area (Å²) in [5.41, 5.74) is 0.202. The third-order valence-electron chi connectivity index (χ3n) is 5.11. The Balaban J connectivity index is 1.89. The smallest absolute Gasteiger partial charge is 0.410 e. The Morgan fingerprint density at radius 3 is 2.50 bits per heavy atom. The van der Waals surface area contributed by atoms with Gasteiger partial charge in [0.2, 0.25) is 0 Å². The van der Waals surface area contributed by atoms with Crippen molar-refractivity contribution < 1.29 is 19.4 Å². The predicted octanol–water partition coefficient (Wildman–Crippen LogP) is 2.96. The number of hydrogen-bond donors (Lipinski definition) is 1. The lowest BCUT2D eigenvalue weighted by Crippen LogP contribution is -2.67. The number of piperidine rings is 2. The molecule has 0 unspecified atom stereocenters. The van der Waals surface area contributed by atoms with E-state index in [1.165, 1.54) is 0 Å². The van der Waals surface area contributed by atoms with E-state index in [1.54, 1.807) is 12.0 Å². The highest BCUT2D eigenvalue weighted by Gasteiger charge is 2.61. The summed E-state index contributed by atoms with van der Waals surface area (Å²) in [6, 6.07) is 7.97. The summed E-state index contributed by atoms with van der Waals surface area (Å²) < 4.78 is 11.1. The van der Waals surface area contributed by atoms with E-state index < -0.39 is 5.60 Å². The second kappa shape index (κ2) is 5.66. The number of benzene rings is 1. The first-order valence-electron chi connectivity index (χ1n) is 8.45. The Morgan fingerprint density at radius 1 is 1.25 bits per heavy atom. The van der Waals surface area contributed by atoms with Gasteiger partial charge in [0.25, 0.3) is 0 Å². The molecule has 1 amide bonds. The minimum Gasteiger partial charge on any atom is -0.496 e. The molecule has 24 heavy (non-hydrogen) atoms. The van der Waals surface area contributed by atoms with Crippen molar-refractivity contribution in [3.8, 4) is 5.75 Å².